The zero-order valence-electron chi connectivity index (χ0n) is 10.1. The standard InChI is InChI=1S/C12H18BrNO2S/c1-8(11-10(13)3-6-17-11)14-7-12(15)4-5-16-9(12)2/h3,6,8-9,14-15H,4-5,7H2,1-2H3. The van der Waals surface area contributed by atoms with Crippen LogP contribution in [0.3, 0.4) is 0 Å². The quantitative estimate of drug-likeness (QED) is 0.896. The van der Waals surface area contributed by atoms with Crippen molar-refractivity contribution < 1.29 is 9.84 Å². The molecule has 1 fully saturated rings. The molecule has 1 saturated heterocycles. The summed E-state index contributed by atoms with van der Waals surface area (Å²) in [5.74, 6) is 0. The maximum atomic E-state index is 10.4. The molecule has 3 unspecified atom stereocenters. The average molecular weight is 320 g/mol. The zero-order chi connectivity index (χ0) is 12.5. The molecule has 0 spiro atoms. The van der Waals surface area contributed by atoms with Crippen molar-refractivity contribution >= 4 is 27.3 Å². The van der Waals surface area contributed by atoms with Gasteiger partial charge in [0.1, 0.15) is 5.60 Å². The maximum Gasteiger partial charge on any atom is 0.105 e. The molecule has 1 aromatic rings. The Labute approximate surface area is 114 Å². The fourth-order valence-corrected chi connectivity index (χ4v) is 3.79. The number of halogens is 1. The van der Waals surface area contributed by atoms with Gasteiger partial charge in [0.05, 0.1) is 6.10 Å². The van der Waals surface area contributed by atoms with E-state index in [0.717, 1.165) is 4.47 Å². The molecule has 3 atom stereocenters. The summed E-state index contributed by atoms with van der Waals surface area (Å²) >= 11 is 5.25. The summed E-state index contributed by atoms with van der Waals surface area (Å²) < 4.78 is 6.55. The van der Waals surface area contributed by atoms with E-state index in [9.17, 15) is 5.11 Å². The molecule has 96 valence electrons. The van der Waals surface area contributed by atoms with Gasteiger partial charge in [-0.1, -0.05) is 0 Å². The topological polar surface area (TPSA) is 41.5 Å². The minimum Gasteiger partial charge on any atom is -0.386 e. The molecular weight excluding hydrogens is 302 g/mol. The van der Waals surface area contributed by atoms with Crippen LogP contribution in [0.25, 0.3) is 0 Å². The molecule has 1 aliphatic heterocycles. The molecule has 0 bridgehead atoms. The van der Waals surface area contributed by atoms with Crippen molar-refractivity contribution in [2.75, 3.05) is 13.2 Å². The van der Waals surface area contributed by atoms with E-state index in [1.54, 1.807) is 11.3 Å². The lowest BCUT2D eigenvalue weighted by atomic mass is 9.96. The highest BCUT2D eigenvalue weighted by molar-refractivity contribution is 9.10. The molecule has 0 saturated carbocycles. The van der Waals surface area contributed by atoms with Crippen LogP contribution in [0.2, 0.25) is 0 Å². The highest BCUT2D eigenvalue weighted by Crippen LogP contribution is 2.30. The Bertz CT molecular complexity index is 384. The summed E-state index contributed by atoms with van der Waals surface area (Å²) in [6, 6.07) is 2.29. The molecule has 0 amide bonds. The monoisotopic (exact) mass is 319 g/mol. The fraction of sp³-hybridized carbons (Fsp3) is 0.667. The van der Waals surface area contributed by atoms with Crippen molar-refractivity contribution in [3.8, 4) is 0 Å². The van der Waals surface area contributed by atoms with Crippen LogP contribution in [-0.2, 0) is 4.74 Å². The third-order valence-corrected chi connectivity index (χ3v) is 5.47. The molecule has 0 radical (unpaired) electrons. The first-order valence-corrected chi connectivity index (χ1v) is 7.50. The molecule has 0 aliphatic carbocycles. The second-order valence-corrected chi connectivity index (χ2v) is 6.40. The highest BCUT2D eigenvalue weighted by Gasteiger charge is 2.39. The van der Waals surface area contributed by atoms with Gasteiger partial charge in [0, 0.05) is 35.0 Å². The van der Waals surface area contributed by atoms with Crippen molar-refractivity contribution in [3.63, 3.8) is 0 Å². The smallest absolute Gasteiger partial charge is 0.105 e. The molecule has 2 N–H and O–H groups in total. The molecular formula is C12H18BrNO2S. The molecule has 0 aromatic carbocycles. The molecule has 3 nitrogen and oxygen atoms in total. The SMILES string of the molecule is CC(NCC1(O)CCOC1C)c1sccc1Br. The molecule has 5 heteroatoms. The Hall–Kier alpha value is 0.0600. The van der Waals surface area contributed by atoms with E-state index in [4.69, 9.17) is 4.74 Å². The number of hydrogen-bond donors (Lipinski definition) is 2. The van der Waals surface area contributed by atoms with Gasteiger partial charge in [0.15, 0.2) is 0 Å². The summed E-state index contributed by atoms with van der Waals surface area (Å²) in [5.41, 5.74) is -0.724. The number of ether oxygens (including phenoxy) is 1. The lowest BCUT2D eigenvalue weighted by Gasteiger charge is -2.28. The second-order valence-electron chi connectivity index (χ2n) is 4.60. The summed E-state index contributed by atoms with van der Waals surface area (Å²) in [4.78, 5) is 1.26. The van der Waals surface area contributed by atoms with Crippen LogP contribution in [0, 0.1) is 0 Å². The van der Waals surface area contributed by atoms with Crippen LogP contribution >= 0.6 is 27.3 Å². The van der Waals surface area contributed by atoms with Crippen LogP contribution in [0.5, 0.6) is 0 Å². The zero-order valence-corrected chi connectivity index (χ0v) is 12.5. The minimum absolute atomic E-state index is 0.0889. The van der Waals surface area contributed by atoms with Crippen molar-refractivity contribution in [2.24, 2.45) is 0 Å². The van der Waals surface area contributed by atoms with E-state index in [1.807, 2.05) is 13.0 Å². The van der Waals surface area contributed by atoms with Crippen molar-refractivity contribution in [2.45, 2.75) is 38.0 Å². The van der Waals surface area contributed by atoms with Crippen LogP contribution in [0.15, 0.2) is 15.9 Å². The van der Waals surface area contributed by atoms with E-state index in [-0.39, 0.29) is 12.1 Å². The van der Waals surface area contributed by atoms with Gasteiger partial charge in [-0.3, -0.25) is 0 Å². The first-order valence-electron chi connectivity index (χ1n) is 5.83. The molecule has 1 aromatic heterocycles. The number of hydrogen-bond acceptors (Lipinski definition) is 4. The number of aliphatic hydroxyl groups is 1. The maximum absolute atomic E-state index is 10.4. The van der Waals surface area contributed by atoms with Gasteiger partial charge in [-0.15, -0.1) is 11.3 Å². The van der Waals surface area contributed by atoms with Gasteiger partial charge in [-0.25, -0.2) is 0 Å². The number of nitrogens with one attached hydrogen (secondary N) is 1. The molecule has 1 aliphatic rings. The first-order chi connectivity index (χ1) is 8.03. The molecule has 17 heavy (non-hydrogen) atoms. The summed E-state index contributed by atoms with van der Waals surface area (Å²) in [6.07, 6.45) is 0.619. The number of rotatable bonds is 4. The predicted molar refractivity (Wildman–Crippen MR) is 73.4 cm³/mol. The first kappa shape index (κ1) is 13.5. The summed E-state index contributed by atoms with van der Waals surface area (Å²) in [6.45, 7) is 5.26. The predicted octanol–water partition coefficient (Wildman–Crippen LogP) is 2.70. The van der Waals surface area contributed by atoms with Crippen LogP contribution < -0.4 is 5.32 Å². The van der Waals surface area contributed by atoms with Crippen molar-refractivity contribution in [1.29, 1.82) is 0 Å². The third kappa shape index (κ3) is 2.90. The van der Waals surface area contributed by atoms with Crippen LogP contribution in [-0.4, -0.2) is 30.0 Å². The van der Waals surface area contributed by atoms with E-state index < -0.39 is 5.60 Å². The minimum atomic E-state index is -0.724. The van der Waals surface area contributed by atoms with Crippen LogP contribution in [0.1, 0.15) is 31.2 Å². The van der Waals surface area contributed by atoms with Gasteiger partial charge < -0.3 is 15.2 Å². The highest BCUT2D eigenvalue weighted by atomic mass is 79.9. The van der Waals surface area contributed by atoms with E-state index in [2.05, 4.69) is 33.6 Å². The Balaban J connectivity index is 1.92. The van der Waals surface area contributed by atoms with Crippen LogP contribution in [0.4, 0.5) is 0 Å². The molecule has 2 rings (SSSR count). The van der Waals surface area contributed by atoms with E-state index in [1.165, 1.54) is 4.88 Å². The third-order valence-electron chi connectivity index (χ3n) is 3.41. The average Bonchev–Trinajstić information content (AvgIpc) is 2.84. The largest absolute Gasteiger partial charge is 0.386 e. The van der Waals surface area contributed by atoms with Gasteiger partial charge in [-0.2, -0.15) is 0 Å². The lowest BCUT2D eigenvalue weighted by Crippen LogP contribution is -2.46. The fourth-order valence-electron chi connectivity index (χ4n) is 2.04. The van der Waals surface area contributed by atoms with Gasteiger partial charge in [0.2, 0.25) is 0 Å². The summed E-state index contributed by atoms with van der Waals surface area (Å²) in [7, 11) is 0. The second kappa shape index (κ2) is 5.36. The van der Waals surface area contributed by atoms with Crippen molar-refractivity contribution in [1.82, 2.24) is 5.32 Å². The Morgan fingerprint density at radius 3 is 3.06 bits per heavy atom. The Morgan fingerprint density at radius 2 is 2.53 bits per heavy atom. The molecule has 2 heterocycles. The normalized spacial score (nSPS) is 30.7. The van der Waals surface area contributed by atoms with Crippen molar-refractivity contribution in [3.05, 3.63) is 20.8 Å². The number of thiophene rings is 1. The van der Waals surface area contributed by atoms with E-state index in [0.29, 0.717) is 19.6 Å². The van der Waals surface area contributed by atoms with Gasteiger partial charge >= 0.3 is 0 Å². The van der Waals surface area contributed by atoms with Gasteiger partial charge in [-0.05, 0) is 41.2 Å². The lowest BCUT2D eigenvalue weighted by molar-refractivity contribution is -0.0274. The summed E-state index contributed by atoms with van der Waals surface area (Å²) in [5, 5.41) is 15.8. The van der Waals surface area contributed by atoms with Gasteiger partial charge in [0.25, 0.3) is 0 Å². The Morgan fingerprint density at radius 1 is 1.76 bits per heavy atom. The van der Waals surface area contributed by atoms with E-state index >= 15 is 0 Å². The Kier molecular flexibility index (Phi) is 4.26.